The van der Waals surface area contributed by atoms with E-state index in [-0.39, 0.29) is 11.7 Å². The molecule has 1 saturated heterocycles. The number of aryl methyl sites for hydroxylation is 1. The van der Waals surface area contributed by atoms with Crippen molar-refractivity contribution in [3.63, 3.8) is 0 Å². The summed E-state index contributed by atoms with van der Waals surface area (Å²) in [5.74, 6) is -0.0599. The second kappa shape index (κ2) is 10.8. The first-order valence-corrected chi connectivity index (χ1v) is 12.1. The van der Waals surface area contributed by atoms with Gasteiger partial charge < -0.3 is 14.7 Å². The Bertz CT molecular complexity index is 1070. The lowest BCUT2D eigenvalue weighted by Crippen LogP contribution is -2.49. The van der Waals surface area contributed by atoms with Crippen LogP contribution in [0.25, 0.3) is 0 Å². The Balaban J connectivity index is 1.39. The molecule has 0 radical (unpaired) electrons. The first-order valence-electron chi connectivity index (χ1n) is 11.3. The maximum Gasteiger partial charge on any atom is 0.224 e. The lowest BCUT2D eigenvalue weighted by Gasteiger charge is -2.36. The van der Waals surface area contributed by atoms with Crippen molar-refractivity contribution < 1.29 is 9.18 Å². The van der Waals surface area contributed by atoms with Gasteiger partial charge in [0.15, 0.2) is 0 Å². The van der Waals surface area contributed by atoms with Gasteiger partial charge in [-0.1, -0.05) is 46.3 Å². The SMILES string of the molecule is Cc1cc(N(CCC(=O)N2CCN(c3ccccc3)CC2)Cc2ccc(F)cc2)ccc1Br. The van der Waals surface area contributed by atoms with Crippen LogP contribution in [-0.4, -0.2) is 43.5 Å². The van der Waals surface area contributed by atoms with E-state index in [1.165, 1.54) is 17.8 Å². The zero-order valence-electron chi connectivity index (χ0n) is 18.9. The standard InChI is InChI=1S/C27H29BrFN3O/c1-21-19-25(11-12-26(21)28)32(20-22-7-9-23(29)10-8-22)14-13-27(33)31-17-15-30(16-18-31)24-5-3-2-4-6-24/h2-12,19H,13-18,20H2,1H3. The second-order valence-electron chi connectivity index (χ2n) is 8.43. The van der Waals surface area contributed by atoms with Crippen molar-refractivity contribution in [3.8, 4) is 0 Å². The molecule has 1 aliphatic heterocycles. The minimum absolute atomic E-state index is 0.181. The van der Waals surface area contributed by atoms with E-state index in [1.807, 2.05) is 29.2 Å². The normalized spacial score (nSPS) is 13.8. The molecule has 0 saturated carbocycles. The first-order chi connectivity index (χ1) is 16.0. The molecule has 1 heterocycles. The molecule has 33 heavy (non-hydrogen) atoms. The summed E-state index contributed by atoms with van der Waals surface area (Å²) in [6.45, 7) is 6.46. The van der Waals surface area contributed by atoms with Crippen LogP contribution in [0.1, 0.15) is 17.5 Å². The Kier molecular flexibility index (Phi) is 7.65. The van der Waals surface area contributed by atoms with Crippen LogP contribution in [0.3, 0.4) is 0 Å². The lowest BCUT2D eigenvalue weighted by atomic mass is 10.1. The number of rotatable bonds is 7. The fraction of sp³-hybridized carbons (Fsp3) is 0.296. The lowest BCUT2D eigenvalue weighted by molar-refractivity contribution is -0.131. The molecule has 3 aromatic carbocycles. The van der Waals surface area contributed by atoms with Gasteiger partial charge in [-0.15, -0.1) is 0 Å². The number of para-hydroxylation sites is 1. The van der Waals surface area contributed by atoms with Gasteiger partial charge in [-0.25, -0.2) is 4.39 Å². The van der Waals surface area contributed by atoms with Crippen molar-refractivity contribution >= 4 is 33.2 Å². The highest BCUT2D eigenvalue weighted by Gasteiger charge is 2.22. The van der Waals surface area contributed by atoms with Crippen molar-refractivity contribution in [1.82, 2.24) is 4.90 Å². The van der Waals surface area contributed by atoms with Crippen LogP contribution in [0.5, 0.6) is 0 Å². The first kappa shape index (κ1) is 23.3. The molecule has 1 amide bonds. The number of carbonyl (C=O) groups excluding carboxylic acids is 1. The Morgan fingerprint density at radius 1 is 0.970 bits per heavy atom. The summed E-state index contributed by atoms with van der Waals surface area (Å²) < 4.78 is 14.4. The van der Waals surface area contributed by atoms with E-state index in [0.717, 1.165) is 47.5 Å². The van der Waals surface area contributed by atoms with Crippen LogP contribution in [0.2, 0.25) is 0 Å². The fourth-order valence-corrected chi connectivity index (χ4v) is 4.42. The number of piperazine rings is 1. The summed E-state index contributed by atoms with van der Waals surface area (Å²) in [6.07, 6.45) is 0.446. The quantitative estimate of drug-likeness (QED) is 0.412. The van der Waals surface area contributed by atoms with Gasteiger partial charge in [-0.2, -0.15) is 0 Å². The van der Waals surface area contributed by atoms with Crippen LogP contribution in [0.15, 0.2) is 77.3 Å². The maximum absolute atomic E-state index is 13.4. The average Bonchev–Trinajstić information content (AvgIpc) is 2.85. The van der Waals surface area contributed by atoms with Crippen LogP contribution in [0, 0.1) is 12.7 Å². The van der Waals surface area contributed by atoms with Gasteiger partial charge in [-0.05, 0) is 60.5 Å². The molecule has 0 bridgehead atoms. The highest BCUT2D eigenvalue weighted by atomic mass is 79.9. The smallest absolute Gasteiger partial charge is 0.224 e. The third kappa shape index (κ3) is 6.14. The van der Waals surface area contributed by atoms with Gasteiger partial charge in [0.1, 0.15) is 5.82 Å². The molecule has 4 rings (SSSR count). The van der Waals surface area contributed by atoms with E-state index in [0.29, 0.717) is 19.5 Å². The van der Waals surface area contributed by atoms with E-state index in [2.05, 4.69) is 56.9 Å². The largest absolute Gasteiger partial charge is 0.368 e. The molecule has 0 unspecified atom stereocenters. The predicted octanol–water partition coefficient (Wildman–Crippen LogP) is 5.64. The Hall–Kier alpha value is -2.86. The number of benzene rings is 3. The zero-order chi connectivity index (χ0) is 23.2. The molecule has 0 spiro atoms. The number of amides is 1. The highest BCUT2D eigenvalue weighted by Crippen LogP contribution is 2.25. The van der Waals surface area contributed by atoms with Crippen molar-refractivity contribution in [2.24, 2.45) is 0 Å². The zero-order valence-corrected chi connectivity index (χ0v) is 20.5. The minimum atomic E-state index is -0.241. The minimum Gasteiger partial charge on any atom is -0.368 e. The van der Waals surface area contributed by atoms with Crippen LogP contribution < -0.4 is 9.80 Å². The number of anilines is 2. The van der Waals surface area contributed by atoms with Gasteiger partial charge >= 0.3 is 0 Å². The molecular formula is C27H29BrFN3O. The summed E-state index contributed by atoms with van der Waals surface area (Å²) in [6, 6.07) is 23.1. The summed E-state index contributed by atoms with van der Waals surface area (Å²) >= 11 is 3.56. The van der Waals surface area contributed by atoms with Crippen LogP contribution >= 0.6 is 15.9 Å². The van der Waals surface area contributed by atoms with Gasteiger partial charge in [0.05, 0.1) is 0 Å². The van der Waals surface area contributed by atoms with Crippen molar-refractivity contribution in [3.05, 3.63) is 94.2 Å². The molecule has 4 nitrogen and oxygen atoms in total. The van der Waals surface area contributed by atoms with Gasteiger partial charge in [0, 0.05) is 61.5 Å². The Morgan fingerprint density at radius 3 is 2.33 bits per heavy atom. The average molecular weight is 510 g/mol. The van der Waals surface area contributed by atoms with E-state index in [1.54, 1.807) is 12.1 Å². The molecule has 0 atom stereocenters. The number of carbonyl (C=O) groups is 1. The molecule has 1 fully saturated rings. The van der Waals surface area contributed by atoms with Crippen molar-refractivity contribution in [1.29, 1.82) is 0 Å². The van der Waals surface area contributed by atoms with Gasteiger partial charge in [0.25, 0.3) is 0 Å². The molecule has 0 N–H and O–H groups in total. The Morgan fingerprint density at radius 2 is 1.67 bits per heavy atom. The summed E-state index contributed by atoms with van der Waals surface area (Å²) in [5, 5.41) is 0. The monoisotopic (exact) mass is 509 g/mol. The molecule has 3 aromatic rings. The number of nitrogens with zero attached hydrogens (tertiary/aromatic N) is 3. The van der Waals surface area contributed by atoms with Crippen molar-refractivity contribution in [2.45, 2.75) is 19.9 Å². The molecular weight excluding hydrogens is 481 g/mol. The van der Waals surface area contributed by atoms with Crippen LogP contribution in [0.4, 0.5) is 15.8 Å². The summed E-state index contributed by atoms with van der Waals surface area (Å²) in [7, 11) is 0. The van der Waals surface area contributed by atoms with Gasteiger partial charge in [0.2, 0.25) is 5.91 Å². The number of halogens is 2. The van der Waals surface area contributed by atoms with E-state index >= 15 is 0 Å². The number of hydrogen-bond donors (Lipinski definition) is 0. The summed E-state index contributed by atoms with van der Waals surface area (Å²) in [5.41, 5.74) is 4.42. The van der Waals surface area contributed by atoms with E-state index < -0.39 is 0 Å². The van der Waals surface area contributed by atoms with Gasteiger partial charge in [-0.3, -0.25) is 4.79 Å². The Labute approximate surface area is 203 Å². The van der Waals surface area contributed by atoms with Crippen molar-refractivity contribution in [2.75, 3.05) is 42.5 Å². The van der Waals surface area contributed by atoms with E-state index in [4.69, 9.17) is 0 Å². The third-order valence-electron chi connectivity index (χ3n) is 6.14. The van der Waals surface area contributed by atoms with Crippen LogP contribution in [-0.2, 0) is 11.3 Å². The molecule has 172 valence electrons. The molecule has 6 heteroatoms. The topological polar surface area (TPSA) is 26.8 Å². The second-order valence-corrected chi connectivity index (χ2v) is 9.29. The number of hydrogen-bond acceptors (Lipinski definition) is 3. The molecule has 0 aliphatic carbocycles. The highest BCUT2D eigenvalue weighted by molar-refractivity contribution is 9.10. The molecule has 1 aliphatic rings. The third-order valence-corrected chi connectivity index (χ3v) is 7.03. The molecule has 0 aromatic heterocycles. The maximum atomic E-state index is 13.4. The summed E-state index contributed by atoms with van der Waals surface area (Å²) in [4.78, 5) is 19.5. The predicted molar refractivity (Wildman–Crippen MR) is 136 cm³/mol. The fourth-order valence-electron chi connectivity index (χ4n) is 4.18. The van der Waals surface area contributed by atoms with E-state index in [9.17, 15) is 9.18 Å².